The van der Waals surface area contributed by atoms with Crippen LogP contribution in [-0.2, 0) is 4.79 Å². The summed E-state index contributed by atoms with van der Waals surface area (Å²) >= 11 is 0. The Morgan fingerprint density at radius 2 is 1.60 bits per heavy atom. The normalized spacial score (nSPS) is 14.1. The molecule has 0 aliphatic carbocycles. The van der Waals surface area contributed by atoms with Crippen LogP contribution < -0.4 is 10.2 Å². The van der Waals surface area contributed by atoms with Crippen LogP contribution in [0, 0.1) is 0 Å². The van der Waals surface area contributed by atoms with Gasteiger partial charge in [-0.05, 0) is 42.5 Å². The quantitative estimate of drug-likeness (QED) is 0.659. The van der Waals surface area contributed by atoms with Crippen molar-refractivity contribution in [2.24, 2.45) is 0 Å². The first kappa shape index (κ1) is 19.5. The number of amides is 2. The van der Waals surface area contributed by atoms with Crippen molar-refractivity contribution in [2.75, 3.05) is 36.4 Å². The highest BCUT2D eigenvalue weighted by Crippen LogP contribution is 2.27. The minimum atomic E-state index is -0.225. The zero-order chi connectivity index (χ0) is 20.8. The third kappa shape index (κ3) is 4.60. The van der Waals surface area contributed by atoms with E-state index in [4.69, 9.17) is 4.42 Å². The maximum atomic E-state index is 12.7. The van der Waals surface area contributed by atoms with E-state index in [9.17, 15) is 9.59 Å². The fourth-order valence-corrected chi connectivity index (χ4v) is 3.49. The van der Waals surface area contributed by atoms with Crippen molar-refractivity contribution in [1.82, 2.24) is 4.90 Å². The van der Waals surface area contributed by atoms with E-state index in [-0.39, 0.29) is 11.8 Å². The second-order valence-electron chi connectivity index (χ2n) is 7.00. The fourth-order valence-electron chi connectivity index (χ4n) is 3.49. The van der Waals surface area contributed by atoms with Crippen LogP contribution in [0.3, 0.4) is 0 Å². The highest BCUT2D eigenvalue weighted by molar-refractivity contribution is 6.03. The number of furan rings is 1. The van der Waals surface area contributed by atoms with Crippen LogP contribution in [0.25, 0.3) is 6.08 Å². The molecule has 4 rings (SSSR count). The zero-order valence-corrected chi connectivity index (χ0v) is 16.5. The summed E-state index contributed by atoms with van der Waals surface area (Å²) in [5.74, 6) is 0.453. The molecule has 0 atom stereocenters. The van der Waals surface area contributed by atoms with Gasteiger partial charge in [0.25, 0.3) is 5.91 Å². The Hall–Kier alpha value is -3.80. The molecule has 6 heteroatoms. The largest absolute Gasteiger partial charge is 0.465 e. The minimum absolute atomic E-state index is 0.0555. The summed E-state index contributed by atoms with van der Waals surface area (Å²) in [5, 5.41) is 2.94. The molecule has 0 saturated carbocycles. The molecule has 1 N–H and O–H groups in total. The van der Waals surface area contributed by atoms with Crippen LogP contribution in [0.1, 0.15) is 16.1 Å². The molecule has 1 fully saturated rings. The highest BCUT2D eigenvalue weighted by Gasteiger charge is 2.23. The number of piperazine rings is 1. The molecule has 1 saturated heterocycles. The average molecular weight is 401 g/mol. The Bertz CT molecular complexity index is 1020. The summed E-state index contributed by atoms with van der Waals surface area (Å²) in [5.41, 5.74) is 2.40. The van der Waals surface area contributed by atoms with Crippen LogP contribution >= 0.6 is 0 Å². The topological polar surface area (TPSA) is 65.8 Å². The lowest BCUT2D eigenvalue weighted by molar-refractivity contribution is -0.111. The number of nitrogens with one attached hydrogen (secondary N) is 1. The number of para-hydroxylation sites is 2. The molecule has 3 aromatic rings. The van der Waals surface area contributed by atoms with Gasteiger partial charge in [-0.2, -0.15) is 0 Å². The molecule has 2 amide bonds. The molecule has 0 spiro atoms. The Morgan fingerprint density at radius 1 is 0.867 bits per heavy atom. The van der Waals surface area contributed by atoms with Crippen molar-refractivity contribution < 1.29 is 14.0 Å². The van der Waals surface area contributed by atoms with E-state index in [1.165, 1.54) is 6.08 Å². The Labute approximate surface area is 175 Å². The maximum absolute atomic E-state index is 12.7. The molecule has 152 valence electrons. The first-order valence-corrected chi connectivity index (χ1v) is 9.91. The van der Waals surface area contributed by atoms with E-state index >= 15 is 0 Å². The molecule has 1 aliphatic rings. The van der Waals surface area contributed by atoms with Gasteiger partial charge in [0.1, 0.15) is 5.76 Å². The number of hydrogen-bond donors (Lipinski definition) is 1. The first-order valence-electron chi connectivity index (χ1n) is 9.91. The smallest absolute Gasteiger partial charge is 0.253 e. The van der Waals surface area contributed by atoms with Crippen molar-refractivity contribution in [3.05, 3.63) is 90.4 Å². The summed E-state index contributed by atoms with van der Waals surface area (Å²) < 4.78 is 5.21. The van der Waals surface area contributed by atoms with Gasteiger partial charge in [-0.1, -0.05) is 30.3 Å². The summed E-state index contributed by atoms with van der Waals surface area (Å²) in [4.78, 5) is 29.1. The highest BCUT2D eigenvalue weighted by atomic mass is 16.3. The van der Waals surface area contributed by atoms with E-state index in [0.29, 0.717) is 37.5 Å². The summed E-state index contributed by atoms with van der Waals surface area (Å²) in [6, 6.07) is 20.6. The van der Waals surface area contributed by atoms with Gasteiger partial charge in [0.05, 0.1) is 17.6 Å². The van der Waals surface area contributed by atoms with Crippen molar-refractivity contribution in [2.45, 2.75) is 0 Å². The Kier molecular flexibility index (Phi) is 5.94. The van der Waals surface area contributed by atoms with Crippen LogP contribution in [-0.4, -0.2) is 42.9 Å². The number of nitrogens with zero attached hydrogens (tertiary/aromatic N) is 2. The standard InChI is InChI=1S/C24H23N3O3/c28-23(13-12-20-9-6-18-30-20)25-21-10-4-5-11-22(21)26-14-16-27(17-15-26)24(29)19-7-2-1-3-8-19/h1-13,18H,14-17H2,(H,25,28)/b13-12+. The predicted octanol–water partition coefficient (Wildman–Crippen LogP) is 3.89. The molecule has 2 aromatic carbocycles. The van der Waals surface area contributed by atoms with Gasteiger partial charge in [-0.15, -0.1) is 0 Å². The number of anilines is 2. The lowest BCUT2D eigenvalue weighted by atomic mass is 10.1. The first-order chi connectivity index (χ1) is 14.7. The predicted molar refractivity (Wildman–Crippen MR) is 117 cm³/mol. The van der Waals surface area contributed by atoms with Gasteiger partial charge >= 0.3 is 0 Å². The molecule has 2 heterocycles. The van der Waals surface area contributed by atoms with E-state index < -0.39 is 0 Å². The molecular formula is C24H23N3O3. The molecule has 0 radical (unpaired) electrons. The second-order valence-corrected chi connectivity index (χ2v) is 7.00. The van der Waals surface area contributed by atoms with E-state index in [1.54, 1.807) is 24.5 Å². The average Bonchev–Trinajstić information content (AvgIpc) is 3.32. The van der Waals surface area contributed by atoms with Gasteiger partial charge in [0, 0.05) is 37.8 Å². The number of carbonyl (C=O) groups is 2. The van der Waals surface area contributed by atoms with Crippen LogP contribution in [0.4, 0.5) is 11.4 Å². The Balaban J connectivity index is 1.39. The third-order valence-corrected chi connectivity index (χ3v) is 5.03. The molecule has 0 bridgehead atoms. The van der Waals surface area contributed by atoms with Crippen LogP contribution in [0.15, 0.2) is 83.5 Å². The molecule has 1 aliphatic heterocycles. The molecule has 1 aromatic heterocycles. The van der Waals surface area contributed by atoms with Gasteiger partial charge in [0.2, 0.25) is 5.91 Å². The fraction of sp³-hybridized carbons (Fsp3) is 0.167. The van der Waals surface area contributed by atoms with Crippen molar-refractivity contribution >= 4 is 29.3 Å². The van der Waals surface area contributed by atoms with Gasteiger partial charge in [-0.25, -0.2) is 0 Å². The maximum Gasteiger partial charge on any atom is 0.253 e. The Morgan fingerprint density at radius 3 is 2.33 bits per heavy atom. The number of carbonyl (C=O) groups excluding carboxylic acids is 2. The van der Waals surface area contributed by atoms with Crippen LogP contribution in [0.2, 0.25) is 0 Å². The van der Waals surface area contributed by atoms with Gasteiger partial charge in [-0.3, -0.25) is 9.59 Å². The molecule has 6 nitrogen and oxygen atoms in total. The SMILES string of the molecule is O=C(/C=C/c1ccco1)Nc1ccccc1N1CCN(C(=O)c2ccccc2)CC1. The summed E-state index contributed by atoms with van der Waals surface area (Å²) in [6.45, 7) is 2.67. The van der Waals surface area contributed by atoms with E-state index in [1.807, 2.05) is 59.5 Å². The van der Waals surface area contributed by atoms with E-state index in [0.717, 1.165) is 11.4 Å². The van der Waals surface area contributed by atoms with Crippen molar-refractivity contribution in [3.8, 4) is 0 Å². The van der Waals surface area contributed by atoms with Gasteiger partial charge in [0.15, 0.2) is 0 Å². The van der Waals surface area contributed by atoms with Crippen molar-refractivity contribution in [3.63, 3.8) is 0 Å². The molecule has 0 unspecified atom stereocenters. The minimum Gasteiger partial charge on any atom is -0.465 e. The van der Waals surface area contributed by atoms with E-state index in [2.05, 4.69) is 10.2 Å². The third-order valence-electron chi connectivity index (χ3n) is 5.03. The molecular weight excluding hydrogens is 378 g/mol. The number of hydrogen-bond acceptors (Lipinski definition) is 4. The lowest BCUT2D eigenvalue weighted by Crippen LogP contribution is -2.49. The summed E-state index contributed by atoms with van der Waals surface area (Å²) in [7, 11) is 0. The van der Waals surface area contributed by atoms with Gasteiger partial charge < -0.3 is 19.5 Å². The zero-order valence-electron chi connectivity index (χ0n) is 16.5. The number of rotatable bonds is 5. The van der Waals surface area contributed by atoms with Crippen molar-refractivity contribution in [1.29, 1.82) is 0 Å². The number of benzene rings is 2. The summed E-state index contributed by atoms with van der Waals surface area (Å²) in [6.07, 6.45) is 4.65. The molecule has 30 heavy (non-hydrogen) atoms. The monoisotopic (exact) mass is 401 g/mol. The second kappa shape index (κ2) is 9.13. The lowest BCUT2D eigenvalue weighted by Gasteiger charge is -2.37. The van der Waals surface area contributed by atoms with Crippen LogP contribution in [0.5, 0.6) is 0 Å².